The number of H-pyrrole nitrogens is 4. The summed E-state index contributed by atoms with van der Waals surface area (Å²) in [5.41, 5.74) is 19.5. The van der Waals surface area contributed by atoms with Crippen LogP contribution in [0.3, 0.4) is 0 Å². The van der Waals surface area contributed by atoms with Gasteiger partial charge in [0.15, 0.2) is 22.8 Å². The number of anilines is 11. The number of pyridine rings is 8. The first-order valence-corrected chi connectivity index (χ1v) is 49.0. The Hall–Kier alpha value is -15.8. The first-order chi connectivity index (χ1) is 70.2. The van der Waals surface area contributed by atoms with Crippen molar-refractivity contribution < 1.29 is 23.9 Å². The lowest BCUT2D eigenvalue weighted by atomic mass is 10.0. The van der Waals surface area contributed by atoms with Gasteiger partial charge in [0, 0.05) is 201 Å². The van der Waals surface area contributed by atoms with E-state index in [1.165, 1.54) is 32.1 Å². The first-order valence-electron chi connectivity index (χ1n) is 49.0. The van der Waals surface area contributed by atoms with Crippen molar-refractivity contribution in [1.29, 1.82) is 0 Å². The Morgan fingerprint density at radius 1 is 0.282 bits per heavy atom. The van der Waals surface area contributed by atoms with Crippen molar-refractivity contribution in [3.05, 3.63) is 248 Å². The molecule has 3 aliphatic heterocycles. The molecule has 149 heavy (non-hydrogen) atoms. The number of likely N-dealkylation sites (N-methyl/N-ethyl adjacent to an activating group) is 8. The van der Waals surface area contributed by atoms with Crippen LogP contribution in [0.25, 0.3) is 88.1 Å². The summed E-state index contributed by atoms with van der Waals surface area (Å²) in [6, 6.07) is 47.5. The van der Waals surface area contributed by atoms with Gasteiger partial charge in [-0.1, -0.05) is 54.0 Å². The highest BCUT2D eigenvalue weighted by atomic mass is 16.5. The number of aromatic nitrogens is 16. The molecule has 4 amide bonds. The number of piperidine rings is 1. The Morgan fingerprint density at radius 3 is 0.805 bits per heavy atom. The third-order valence-electron chi connectivity index (χ3n) is 25.6. The topological polar surface area (TPSA) is 382 Å². The number of carbonyl (C=O) groups is 4. The molecule has 15 heterocycles. The van der Waals surface area contributed by atoms with E-state index in [1.807, 2.05) is 270 Å². The number of nitrogens with zero attached hydrogens (tertiary/aromatic N) is 24. The minimum absolute atomic E-state index is 0. The van der Waals surface area contributed by atoms with Gasteiger partial charge in [-0.25, -0.2) is 19.9 Å². The number of benzene rings is 4. The summed E-state index contributed by atoms with van der Waals surface area (Å²) in [5, 5.41) is 43.8. The van der Waals surface area contributed by atoms with Gasteiger partial charge >= 0.3 is 0 Å². The highest BCUT2D eigenvalue weighted by Crippen LogP contribution is 2.36. The summed E-state index contributed by atoms with van der Waals surface area (Å²) in [7, 11) is 28.4. The number of hydrogen-bond acceptors (Lipinski definition) is 29. The van der Waals surface area contributed by atoms with Gasteiger partial charge in [-0.3, -0.25) is 59.5 Å². The molecule has 0 spiro atoms. The molecule has 19 rings (SSSR count). The SMILES string of the molecule is C.C.C.C.CN(C)CCN(C)c1ccc(NC(=O)c2n[nH]c3ccc(-c4cncc(CN(C)C)c4)cc23)cn1.CN(C)CCN(C)c1ccc(NC(=O)c2n[nH]c3ccc(-c4cncc(N5CCCC5)c4)cc23)cn1.CN(C)CCN(C)c1ccc(NC(=O)c2n[nH]c3ccc(-c4cncc(N5CCCCC5)c4)cc23)cn1.CN(C)CCN(C)c1ccc(NC(=O)c2n[nH]c3ccc(-c4cncc(N5CCOCC5)c4)cc23)cn1. The van der Waals surface area contributed by atoms with E-state index in [4.69, 9.17) is 4.74 Å². The molecule has 37 nitrogen and oxygen atoms in total. The number of aromatic amines is 4. The Labute approximate surface area is 874 Å². The van der Waals surface area contributed by atoms with E-state index in [1.54, 1.807) is 24.8 Å². The Bertz CT molecular complexity index is 6820. The molecule has 37 heteroatoms. The molecule has 0 aliphatic carbocycles. The lowest BCUT2D eigenvalue weighted by Gasteiger charge is -2.28. The quantitative estimate of drug-likeness (QED) is 0.0189. The average molecular weight is 2020 g/mol. The molecule has 4 aromatic carbocycles. The van der Waals surface area contributed by atoms with Crippen molar-refractivity contribution in [1.82, 2.24) is 105 Å². The third-order valence-corrected chi connectivity index (χ3v) is 25.6. The van der Waals surface area contributed by atoms with Crippen LogP contribution in [0, 0.1) is 0 Å². The molecule has 3 fully saturated rings. The molecule has 0 bridgehead atoms. The number of ether oxygens (including phenoxy) is 1. The van der Waals surface area contributed by atoms with Gasteiger partial charge in [0.25, 0.3) is 23.6 Å². The second-order valence-electron chi connectivity index (χ2n) is 38.1. The fourth-order valence-corrected chi connectivity index (χ4v) is 17.2. The summed E-state index contributed by atoms with van der Waals surface area (Å²) in [6.45, 7) is 15.4. The van der Waals surface area contributed by atoms with Gasteiger partial charge < -0.3 is 84.8 Å². The lowest BCUT2D eigenvalue weighted by Crippen LogP contribution is -2.36. The summed E-state index contributed by atoms with van der Waals surface area (Å²) in [6.07, 6.45) is 27.9. The smallest absolute Gasteiger partial charge is 0.276 e. The molecule has 0 radical (unpaired) electrons. The minimum Gasteiger partial charge on any atom is -0.378 e. The first kappa shape index (κ1) is 112. The summed E-state index contributed by atoms with van der Waals surface area (Å²) in [4.78, 5) is 114. The van der Waals surface area contributed by atoms with Crippen LogP contribution in [-0.4, -0.2) is 332 Å². The average Bonchev–Trinajstić information content (AvgIpc) is 1.67. The van der Waals surface area contributed by atoms with Crippen molar-refractivity contribution in [3.63, 3.8) is 0 Å². The van der Waals surface area contributed by atoms with E-state index in [0.717, 1.165) is 245 Å². The van der Waals surface area contributed by atoms with Crippen LogP contribution in [0.1, 0.15) is 109 Å². The highest BCUT2D eigenvalue weighted by Gasteiger charge is 2.25. The Balaban J connectivity index is 0.000000175. The maximum absolute atomic E-state index is 13.1. The number of hydrogen-bond donors (Lipinski definition) is 8. The van der Waals surface area contributed by atoms with Crippen molar-refractivity contribution in [2.75, 3.05) is 259 Å². The normalized spacial score (nSPS) is 12.8. The molecule has 3 aliphatic rings. The van der Waals surface area contributed by atoms with Gasteiger partial charge in [-0.15, -0.1) is 0 Å². The van der Waals surface area contributed by atoms with E-state index < -0.39 is 0 Å². The minimum atomic E-state index is -0.292. The zero-order valence-electron chi connectivity index (χ0n) is 85.1. The van der Waals surface area contributed by atoms with Gasteiger partial charge in [0.2, 0.25) is 0 Å². The number of amides is 4. The maximum Gasteiger partial charge on any atom is 0.276 e. The molecule has 8 N–H and O–H groups in total. The Kier molecular flexibility index (Phi) is 39.8. The molecule has 0 saturated carbocycles. The summed E-state index contributed by atoms with van der Waals surface area (Å²) in [5.74, 6) is 2.27. The van der Waals surface area contributed by atoms with Crippen molar-refractivity contribution in [2.45, 2.75) is 68.4 Å². The summed E-state index contributed by atoms with van der Waals surface area (Å²) >= 11 is 0. The molecule has 0 atom stereocenters. The van der Waals surface area contributed by atoms with Crippen molar-refractivity contribution in [3.8, 4) is 44.5 Å². The van der Waals surface area contributed by atoms with Crippen LogP contribution in [0.4, 0.5) is 63.1 Å². The second kappa shape index (κ2) is 53.0. The van der Waals surface area contributed by atoms with Crippen LogP contribution >= 0.6 is 0 Å². The van der Waals surface area contributed by atoms with Crippen LogP contribution < -0.4 is 55.6 Å². The fraction of sp³-hybridized carbons (Fsp3) is 0.357. The van der Waals surface area contributed by atoms with E-state index in [-0.39, 0.29) is 53.3 Å². The molecule has 784 valence electrons. The number of rotatable bonds is 33. The molecular formula is C112H146N32O5. The zero-order valence-corrected chi connectivity index (χ0v) is 85.1. The van der Waals surface area contributed by atoms with E-state index >= 15 is 0 Å². The second-order valence-corrected chi connectivity index (χ2v) is 38.1. The fourth-order valence-electron chi connectivity index (χ4n) is 17.2. The predicted molar refractivity (Wildman–Crippen MR) is 608 cm³/mol. The molecular weight excluding hydrogens is 1870 g/mol. The monoisotopic (exact) mass is 2020 g/mol. The number of carbonyl (C=O) groups excluding carboxylic acids is 4. The molecule has 3 saturated heterocycles. The molecule has 16 aromatic rings. The van der Waals surface area contributed by atoms with Gasteiger partial charge in [0.1, 0.15) is 23.3 Å². The van der Waals surface area contributed by atoms with E-state index in [0.29, 0.717) is 45.5 Å². The van der Waals surface area contributed by atoms with Crippen LogP contribution in [0.15, 0.2) is 220 Å². The molecule has 0 unspecified atom stereocenters. The van der Waals surface area contributed by atoms with Crippen molar-refractivity contribution >= 4 is 130 Å². The number of morpholine rings is 1. The van der Waals surface area contributed by atoms with Gasteiger partial charge in [-0.2, -0.15) is 20.4 Å². The standard InChI is InChI=1S/C28H34N8O.C27H32N8O2.C27H32N8O.C26H32N8O.4CH4/c1-34(2)13-14-35(3)26-10-8-22(18-30-26)31-28(37)27-24-16-20(7-9-25(24)32-33-27)21-15-23(19-29-17-21)36-11-5-4-6-12-36;1-33(2)8-9-34(3)25-7-5-21(17-29-25)30-27(36)26-23-15-19(4-6-24(23)31-32-26)20-14-22(18-28-16-20)35-10-12-37-13-11-35;1-33(2)12-13-34(3)25-9-7-21(17-29-25)30-27(36)26-23-15-19(6-8-24(23)31-32-26)20-14-22(18-28-16-20)35-10-4-5-11-35;1-32(2)10-11-34(5)24-9-7-21(16-28-24)29-26(35)25-22-13-19(6-8-23(22)30-31-25)20-12-18(14-27-15-20)17-33(3)4;;;;/h7-10,15-19H,4-6,11-14H2,1-3H3,(H,31,37)(H,32,33);4-7,14-18H,8-13H2,1-3H3,(H,30,36)(H,31,32);6-9,14-18H,4-5,10-13H2,1-3H3,(H,30,36)(H,31,32);6-9,12-16H,10-11,17H2,1-5H3,(H,29,35)(H,30,31);4*1H4. The van der Waals surface area contributed by atoms with Crippen molar-refractivity contribution in [2.24, 2.45) is 0 Å². The van der Waals surface area contributed by atoms with Gasteiger partial charge in [-0.05, 0) is 252 Å². The Morgan fingerprint density at radius 2 is 0.544 bits per heavy atom. The predicted octanol–water partition coefficient (Wildman–Crippen LogP) is 17.1. The van der Waals surface area contributed by atoms with Crippen LogP contribution in [0.2, 0.25) is 0 Å². The third kappa shape index (κ3) is 29.6. The molecule has 12 aromatic heterocycles. The van der Waals surface area contributed by atoms with E-state index in [9.17, 15) is 19.2 Å². The van der Waals surface area contributed by atoms with Crippen LogP contribution in [0.5, 0.6) is 0 Å². The largest absolute Gasteiger partial charge is 0.378 e. The van der Waals surface area contributed by atoms with E-state index in [2.05, 4.69) is 185 Å². The lowest BCUT2D eigenvalue weighted by molar-refractivity contribution is 0.101. The number of nitrogens with one attached hydrogen (secondary N) is 8. The van der Waals surface area contributed by atoms with Gasteiger partial charge in [0.05, 0.1) is 118 Å². The highest BCUT2D eigenvalue weighted by molar-refractivity contribution is 6.15. The summed E-state index contributed by atoms with van der Waals surface area (Å²) < 4.78 is 5.47. The number of fused-ring (bicyclic) bond motifs is 4. The van der Waals surface area contributed by atoms with Crippen LogP contribution in [-0.2, 0) is 11.3 Å². The zero-order chi connectivity index (χ0) is 102. The maximum atomic E-state index is 13.1.